The Kier molecular flexibility index (Phi) is 5.88. The lowest BCUT2D eigenvalue weighted by atomic mass is 10.2. The van der Waals surface area contributed by atoms with Crippen LogP contribution in [0, 0.1) is 0 Å². The number of carbonyl (C=O) groups excluding carboxylic acids is 1. The van der Waals surface area contributed by atoms with Gasteiger partial charge in [0.2, 0.25) is 5.91 Å². The van der Waals surface area contributed by atoms with E-state index < -0.39 is 0 Å². The summed E-state index contributed by atoms with van der Waals surface area (Å²) in [7, 11) is 0. The molecule has 1 amide bonds. The molecule has 126 valence electrons. The van der Waals surface area contributed by atoms with Crippen molar-refractivity contribution in [1.82, 2.24) is 10.2 Å². The summed E-state index contributed by atoms with van der Waals surface area (Å²) in [5.41, 5.74) is 0. The van der Waals surface area contributed by atoms with E-state index in [0.717, 1.165) is 44.6 Å². The summed E-state index contributed by atoms with van der Waals surface area (Å²) < 4.78 is 11.4. The second-order valence-electron chi connectivity index (χ2n) is 6.33. The summed E-state index contributed by atoms with van der Waals surface area (Å²) in [5.74, 6) is 0.981. The highest BCUT2D eigenvalue weighted by molar-refractivity contribution is 5.78. The molecule has 1 N–H and O–H groups in total. The average molecular weight is 318 g/mol. The lowest BCUT2D eigenvalue weighted by Crippen LogP contribution is -2.43. The molecule has 2 aliphatic rings. The fraction of sp³-hybridized carbons (Fsp3) is 0.611. The second-order valence-corrected chi connectivity index (χ2v) is 6.33. The van der Waals surface area contributed by atoms with E-state index in [0.29, 0.717) is 25.7 Å². The molecule has 2 atom stereocenters. The zero-order valence-electron chi connectivity index (χ0n) is 13.6. The largest absolute Gasteiger partial charge is 0.492 e. The summed E-state index contributed by atoms with van der Waals surface area (Å²) >= 11 is 0. The molecule has 0 aliphatic carbocycles. The van der Waals surface area contributed by atoms with Crippen molar-refractivity contribution in [3.63, 3.8) is 0 Å². The number of ether oxygens (including phenoxy) is 2. The van der Waals surface area contributed by atoms with Gasteiger partial charge in [0, 0.05) is 19.2 Å². The molecule has 0 aromatic heterocycles. The van der Waals surface area contributed by atoms with Gasteiger partial charge in [0.1, 0.15) is 12.4 Å². The number of amides is 1. The van der Waals surface area contributed by atoms with E-state index in [1.54, 1.807) is 0 Å². The maximum absolute atomic E-state index is 12.1. The van der Waals surface area contributed by atoms with E-state index >= 15 is 0 Å². The van der Waals surface area contributed by atoms with Gasteiger partial charge in [-0.3, -0.25) is 9.69 Å². The lowest BCUT2D eigenvalue weighted by molar-refractivity contribution is -0.123. The zero-order chi connectivity index (χ0) is 15.9. The summed E-state index contributed by atoms with van der Waals surface area (Å²) in [6.07, 6.45) is 4.58. The number of nitrogens with one attached hydrogen (secondary N) is 1. The van der Waals surface area contributed by atoms with Crippen LogP contribution in [0.25, 0.3) is 0 Å². The number of rotatable bonds is 7. The Hall–Kier alpha value is -1.59. The number of nitrogens with zero attached hydrogens (tertiary/aromatic N) is 1. The van der Waals surface area contributed by atoms with Crippen LogP contribution in [0.2, 0.25) is 0 Å². The second kappa shape index (κ2) is 8.31. The third kappa shape index (κ3) is 4.94. The van der Waals surface area contributed by atoms with Gasteiger partial charge in [-0.1, -0.05) is 18.2 Å². The monoisotopic (exact) mass is 318 g/mol. The highest BCUT2D eigenvalue weighted by atomic mass is 16.5. The SMILES string of the molecule is O=C(CN1CCC[C@@H]1COc1ccccc1)NC[C@H]1CCCO1. The van der Waals surface area contributed by atoms with Crippen LogP contribution in [0.3, 0.4) is 0 Å². The van der Waals surface area contributed by atoms with Gasteiger partial charge in [0.25, 0.3) is 0 Å². The van der Waals surface area contributed by atoms with Gasteiger partial charge < -0.3 is 14.8 Å². The standard InChI is InChI=1S/C18H26N2O3/c21-18(19-12-17-9-5-11-22-17)13-20-10-4-6-15(20)14-23-16-7-2-1-3-8-16/h1-3,7-8,15,17H,4-6,9-14H2,(H,19,21)/t15-,17-/m1/s1. The van der Waals surface area contributed by atoms with Gasteiger partial charge in [-0.2, -0.15) is 0 Å². The molecule has 0 spiro atoms. The average Bonchev–Trinajstić information content (AvgIpc) is 3.24. The van der Waals surface area contributed by atoms with Crippen LogP contribution in [0.15, 0.2) is 30.3 Å². The Balaban J connectivity index is 1.40. The first-order chi connectivity index (χ1) is 11.3. The minimum atomic E-state index is 0.0899. The van der Waals surface area contributed by atoms with E-state index in [1.165, 1.54) is 0 Å². The van der Waals surface area contributed by atoms with Gasteiger partial charge in [0.05, 0.1) is 12.6 Å². The number of hydrogen-bond donors (Lipinski definition) is 1. The van der Waals surface area contributed by atoms with Gasteiger partial charge >= 0.3 is 0 Å². The van der Waals surface area contributed by atoms with Crippen molar-refractivity contribution in [1.29, 1.82) is 0 Å². The van der Waals surface area contributed by atoms with Crippen LogP contribution in [-0.2, 0) is 9.53 Å². The van der Waals surface area contributed by atoms with Crippen LogP contribution in [0.5, 0.6) is 5.75 Å². The first kappa shape index (κ1) is 16.3. The molecule has 2 saturated heterocycles. The molecule has 3 rings (SSSR count). The van der Waals surface area contributed by atoms with Crippen molar-refractivity contribution >= 4 is 5.91 Å². The highest BCUT2D eigenvalue weighted by Crippen LogP contribution is 2.19. The number of benzene rings is 1. The molecule has 5 heteroatoms. The van der Waals surface area contributed by atoms with Crippen molar-refractivity contribution in [3.8, 4) is 5.75 Å². The van der Waals surface area contributed by atoms with Crippen molar-refractivity contribution in [2.75, 3.05) is 32.8 Å². The van der Waals surface area contributed by atoms with Crippen LogP contribution >= 0.6 is 0 Å². The van der Waals surface area contributed by atoms with Gasteiger partial charge in [-0.25, -0.2) is 0 Å². The molecule has 5 nitrogen and oxygen atoms in total. The third-order valence-electron chi connectivity index (χ3n) is 4.58. The first-order valence-corrected chi connectivity index (χ1v) is 8.61. The molecule has 1 aromatic rings. The summed E-state index contributed by atoms with van der Waals surface area (Å²) in [4.78, 5) is 14.4. The van der Waals surface area contributed by atoms with E-state index in [1.807, 2.05) is 30.3 Å². The Morgan fingerprint density at radius 2 is 2.13 bits per heavy atom. The molecule has 0 radical (unpaired) electrons. The van der Waals surface area contributed by atoms with Crippen LogP contribution in [0.4, 0.5) is 0 Å². The predicted molar refractivity (Wildman–Crippen MR) is 88.5 cm³/mol. The van der Waals surface area contributed by atoms with Crippen molar-refractivity contribution < 1.29 is 14.3 Å². The number of carbonyl (C=O) groups is 1. The molecule has 0 unspecified atom stereocenters. The Bertz CT molecular complexity index is 488. The van der Waals surface area contributed by atoms with E-state index in [-0.39, 0.29) is 12.0 Å². The minimum Gasteiger partial charge on any atom is -0.492 e. The van der Waals surface area contributed by atoms with Gasteiger partial charge in [-0.05, 0) is 44.4 Å². The number of hydrogen-bond acceptors (Lipinski definition) is 4. The van der Waals surface area contributed by atoms with Gasteiger partial charge in [0.15, 0.2) is 0 Å². The minimum absolute atomic E-state index is 0.0899. The zero-order valence-corrected chi connectivity index (χ0v) is 13.6. The fourth-order valence-corrected chi connectivity index (χ4v) is 3.27. The maximum Gasteiger partial charge on any atom is 0.234 e. The molecule has 0 saturated carbocycles. The van der Waals surface area contributed by atoms with E-state index in [4.69, 9.17) is 9.47 Å². The molecule has 2 heterocycles. The highest BCUT2D eigenvalue weighted by Gasteiger charge is 2.27. The normalized spacial score (nSPS) is 24.7. The third-order valence-corrected chi connectivity index (χ3v) is 4.58. The molecule has 0 bridgehead atoms. The molecular formula is C18H26N2O3. The smallest absolute Gasteiger partial charge is 0.234 e. The van der Waals surface area contributed by atoms with Crippen LogP contribution < -0.4 is 10.1 Å². The summed E-state index contributed by atoms with van der Waals surface area (Å²) in [6.45, 7) is 3.53. The predicted octanol–water partition coefficient (Wildman–Crippen LogP) is 1.83. The molecule has 1 aromatic carbocycles. The van der Waals surface area contributed by atoms with Crippen molar-refractivity contribution in [2.45, 2.75) is 37.8 Å². The van der Waals surface area contributed by atoms with Crippen molar-refractivity contribution in [3.05, 3.63) is 30.3 Å². The molecule has 2 aliphatic heterocycles. The fourth-order valence-electron chi connectivity index (χ4n) is 3.27. The van der Waals surface area contributed by atoms with E-state index in [9.17, 15) is 4.79 Å². The topological polar surface area (TPSA) is 50.8 Å². The summed E-state index contributed by atoms with van der Waals surface area (Å²) in [6, 6.07) is 10.2. The molecule has 2 fully saturated rings. The Morgan fingerprint density at radius 3 is 2.91 bits per heavy atom. The van der Waals surface area contributed by atoms with Crippen LogP contribution in [-0.4, -0.2) is 55.8 Å². The maximum atomic E-state index is 12.1. The Morgan fingerprint density at radius 1 is 1.26 bits per heavy atom. The lowest BCUT2D eigenvalue weighted by Gasteiger charge is -2.24. The van der Waals surface area contributed by atoms with Crippen molar-refractivity contribution in [2.24, 2.45) is 0 Å². The van der Waals surface area contributed by atoms with Crippen LogP contribution in [0.1, 0.15) is 25.7 Å². The number of para-hydroxylation sites is 1. The van der Waals surface area contributed by atoms with E-state index in [2.05, 4.69) is 10.2 Å². The van der Waals surface area contributed by atoms with Gasteiger partial charge in [-0.15, -0.1) is 0 Å². The quantitative estimate of drug-likeness (QED) is 0.833. The molecular weight excluding hydrogens is 292 g/mol. The first-order valence-electron chi connectivity index (χ1n) is 8.61. The number of likely N-dealkylation sites (tertiary alicyclic amines) is 1. The Labute approximate surface area is 137 Å². The molecule has 23 heavy (non-hydrogen) atoms. The summed E-state index contributed by atoms with van der Waals surface area (Å²) in [5, 5.41) is 3.00.